The zero-order chi connectivity index (χ0) is 13.9. The molecule has 0 fully saturated rings. The molecule has 0 bridgehead atoms. The Hall–Kier alpha value is -2.47. The fraction of sp³-hybridized carbons (Fsp3) is 0.0714. The number of para-hydroxylation sites is 1. The van der Waals surface area contributed by atoms with E-state index in [0.29, 0.717) is 12.4 Å². The van der Waals surface area contributed by atoms with Gasteiger partial charge in [-0.2, -0.15) is 0 Å². The smallest absolute Gasteiger partial charge is 0.339 e. The monoisotopic (exact) mass is 285 g/mol. The van der Waals surface area contributed by atoms with Crippen molar-refractivity contribution in [2.75, 3.05) is 5.32 Å². The minimum absolute atomic E-state index is 0.167. The largest absolute Gasteiger partial charge is 0.478 e. The quantitative estimate of drug-likeness (QED) is 0.770. The summed E-state index contributed by atoms with van der Waals surface area (Å²) in [7, 11) is 0. The summed E-state index contributed by atoms with van der Waals surface area (Å²) in [6.45, 7) is 0.462. The second-order valence-electron chi connectivity index (χ2n) is 4.16. The summed E-state index contributed by atoms with van der Waals surface area (Å²) >= 11 is 1.51. The predicted octanol–water partition coefficient (Wildman–Crippen LogP) is 3.00. The predicted molar refractivity (Wildman–Crippen MR) is 78.1 cm³/mol. The standard InChI is InChI=1S/C14H11N3O2S/c18-14(19)10-7-9-3-1-2-4-11(9)17-13(10)16-8-12-15-5-6-20-12/h1-7H,8H2,(H,16,17)(H,18,19). The molecule has 0 aliphatic heterocycles. The molecule has 0 saturated carbocycles. The van der Waals surface area contributed by atoms with Crippen molar-refractivity contribution in [3.63, 3.8) is 0 Å². The van der Waals surface area contributed by atoms with Crippen molar-refractivity contribution in [3.05, 3.63) is 52.5 Å². The highest BCUT2D eigenvalue weighted by Crippen LogP contribution is 2.21. The first-order chi connectivity index (χ1) is 9.74. The van der Waals surface area contributed by atoms with E-state index < -0.39 is 5.97 Å². The van der Waals surface area contributed by atoms with E-state index in [-0.39, 0.29) is 5.56 Å². The molecule has 0 atom stereocenters. The number of aromatic nitrogens is 2. The lowest BCUT2D eigenvalue weighted by molar-refractivity contribution is 0.0697. The Morgan fingerprint density at radius 1 is 1.35 bits per heavy atom. The van der Waals surface area contributed by atoms with Gasteiger partial charge in [-0.3, -0.25) is 0 Å². The molecular formula is C14H11N3O2S. The molecule has 5 nitrogen and oxygen atoms in total. The fourth-order valence-electron chi connectivity index (χ4n) is 1.91. The fourth-order valence-corrected chi connectivity index (χ4v) is 2.47. The average Bonchev–Trinajstić information content (AvgIpc) is 2.97. The maximum Gasteiger partial charge on any atom is 0.339 e. The third-order valence-corrected chi connectivity index (χ3v) is 3.62. The van der Waals surface area contributed by atoms with Crippen LogP contribution in [0.3, 0.4) is 0 Å². The van der Waals surface area contributed by atoms with E-state index in [9.17, 15) is 9.90 Å². The van der Waals surface area contributed by atoms with E-state index in [0.717, 1.165) is 15.9 Å². The van der Waals surface area contributed by atoms with Gasteiger partial charge in [0.25, 0.3) is 0 Å². The molecule has 3 aromatic rings. The number of hydrogen-bond donors (Lipinski definition) is 2. The Labute approximate surface area is 118 Å². The van der Waals surface area contributed by atoms with E-state index in [2.05, 4.69) is 15.3 Å². The molecule has 0 aliphatic carbocycles. The molecule has 0 radical (unpaired) electrons. The number of rotatable bonds is 4. The SMILES string of the molecule is O=C(O)c1cc2ccccc2nc1NCc1nccs1. The summed E-state index contributed by atoms with van der Waals surface area (Å²) in [6, 6.07) is 9.07. The van der Waals surface area contributed by atoms with Crippen molar-refractivity contribution in [1.82, 2.24) is 9.97 Å². The molecule has 0 unspecified atom stereocenters. The molecule has 0 amide bonds. The lowest BCUT2D eigenvalue weighted by atomic mass is 10.1. The minimum atomic E-state index is -0.995. The van der Waals surface area contributed by atoms with Crippen LogP contribution in [-0.4, -0.2) is 21.0 Å². The highest BCUT2D eigenvalue weighted by molar-refractivity contribution is 7.09. The van der Waals surface area contributed by atoms with Crippen LogP contribution >= 0.6 is 11.3 Å². The number of nitrogens with zero attached hydrogens (tertiary/aromatic N) is 2. The van der Waals surface area contributed by atoms with Crippen LogP contribution in [0.1, 0.15) is 15.4 Å². The highest BCUT2D eigenvalue weighted by atomic mass is 32.1. The van der Waals surface area contributed by atoms with Gasteiger partial charge < -0.3 is 10.4 Å². The van der Waals surface area contributed by atoms with Gasteiger partial charge in [0, 0.05) is 17.0 Å². The van der Waals surface area contributed by atoms with Gasteiger partial charge in [-0.05, 0) is 12.1 Å². The van der Waals surface area contributed by atoms with Crippen molar-refractivity contribution in [3.8, 4) is 0 Å². The number of carboxylic acid groups (broad SMARTS) is 1. The molecule has 2 aromatic heterocycles. The molecule has 20 heavy (non-hydrogen) atoms. The summed E-state index contributed by atoms with van der Waals surface area (Å²) in [5.41, 5.74) is 0.930. The van der Waals surface area contributed by atoms with Gasteiger partial charge in [0.15, 0.2) is 0 Å². The zero-order valence-electron chi connectivity index (χ0n) is 10.4. The van der Waals surface area contributed by atoms with Crippen LogP contribution in [0.15, 0.2) is 41.9 Å². The van der Waals surface area contributed by atoms with Crippen LogP contribution < -0.4 is 5.32 Å². The van der Waals surface area contributed by atoms with Gasteiger partial charge in [0.1, 0.15) is 16.4 Å². The van der Waals surface area contributed by atoms with E-state index in [4.69, 9.17) is 0 Å². The summed E-state index contributed by atoms with van der Waals surface area (Å²) < 4.78 is 0. The molecular weight excluding hydrogens is 274 g/mol. The normalized spacial score (nSPS) is 10.6. The first-order valence-corrected chi connectivity index (χ1v) is 6.87. The van der Waals surface area contributed by atoms with Crippen LogP contribution in [0.25, 0.3) is 10.9 Å². The van der Waals surface area contributed by atoms with Crippen LogP contribution in [0.5, 0.6) is 0 Å². The van der Waals surface area contributed by atoms with Crippen LogP contribution in [0.2, 0.25) is 0 Å². The number of hydrogen-bond acceptors (Lipinski definition) is 5. The second kappa shape index (κ2) is 5.26. The molecule has 100 valence electrons. The molecule has 6 heteroatoms. The Bertz CT molecular complexity index is 756. The number of benzene rings is 1. The number of nitrogens with one attached hydrogen (secondary N) is 1. The lowest BCUT2D eigenvalue weighted by Crippen LogP contribution is -2.08. The number of thiazole rings is 1. The first-order valence-electron chi connectivity index (χ1n) is 5.99. The van der Waals surface area contributed by atoms with E-state index in [1.165, 1.54) is 11.3 Å². The Balaban J connectivity index is 1.98. The number of carbonyl (C=O) groups is 1. The molecule has 0 saturated heterocycles. The van der Waals surface area contributed by atoms with Crippen molar-refractivity contribution >= 4 is 34.0 Å². The van der Waals surface area contributed by atoms with Crippen LogP contribution in [-0.2, 0) is 6.54 Å². The zero-order valence-corrected chi connectivity index (χ0v) is 11.2. The Morgan fingerprint density at radius 2 is 2.20 bits per heavy atom. The van der Waals surface area contributed by atoms with Gasteiger partial charge in [-0.1, -0.05) is 18.2 Å². The average molecular weight is 285 g/mol. The molecule has 2 N–H and O–H groups in total. The van der Waals surface area contributed by atoms with Crippen molar-refractivity contribution in [2.45, 2.75) is 6.54 Å². The van der Waals surface area contributed by atoms with Gasteiger partial charge in [0.05, 0.1) is 12.1 Å². The number of anilines is 1. The molecule has 1 aromatic carbocycles. The number of pyridine rings is 1. The summed E-state index contributed by atoms with van der Waals surface area (Å²) in [5.74, 6) is -0.628. The van der Waals surface area contributed by atoms with Gasteiger partial charge >= 0.3 is 5.97 Å². The van der Waals surface area contributed by atoms with E-state index in [1.54, 1.807) is 12.3 Å². The molecule has 0 aliphatic rings. The Morgan fingerprint density at radius 3 is 2.95 bits per heavy atom. The molecule has 3 rings (SSSR count). The van der Waals surface area contributed by atoms with Crippen molar-refractivity contribution in [2.24, 2.45) is 0 Å². The third-order valence-electron chi connectivity index (χ3n) is 2.84. The van der Waals surface area contributed by atoms with Crippen LogP contribution in [0.4, 0.5) is 5.82 Å². The van der Waals surface area contributed by atoms with Gasteiger partial charge in [0.2, 0.25) is 0 Å². The Kier molecular flexibility index (Phi) is 3.30. The third kappa shape index (κ3) is 2.46. The maximum absolute atomic E-state index is 11.3. The first kappa shape index (κ1) is 12.6. The van der Waals surface area contributed by atoms with Gasteiger partial charge in [-0.25, -0.2) is 14.8 Å². The van der Waals surface area contributed by atoms with E-state index in [1.807, 2.05) is 29.6 Å². The minimum Gasteiger partial charge on any atom is -0.478 e. The second-order valence-corrected chi connectivity index (χ2v) is 5.14. The summed E-state index contributed by atoms with van der Waals surface area (Å²) in [6.07, 6.45) is 1.72. The highest BCUT2D eigenvalue weighted by Gasteiger charge is 2.13. The molecule has 2 heterocycles. The van der Waals surface area contributed by atoms with E-state index >= 15 is 0 Å². The number of carboxylic acids is 1. The van der Waals surface area contributed by atoms with Crippen molar-refractivity contribution < 1.29 is 9.90 Å². The van der Waals surface area contributed by atoms with Crippen molar-refractivity contribution in [1.29, 1.82) is 0 Å². The van der Waals surface area contributed by atoms with Crippen LogP contribution in [0, 0.1) is 0 Å². The summed E-state index contributed by atoms with van der Waals surface area (Å²) in [4.78, 5) is 19.9. The topological polar surface area (TPSA) is 75.1 Å². The van der Waals surface area contributed by atoms with Gasteiger partial charge in [-0.15, -0.1) is 11.3 Å². The summed E-state index contributed by atoms with van der Waals surface area (Å²) in [5, 5.41) is 15.9. The molecule has 0 spiro atoms. The maximum atomic E-state index is 11.3. The number of fused-ring (bicyclic) bond motifs is 1. The lowest BCUT2D eigenvalue weighted by Gasteiger charge is -2.09. The number of aromatic carboxylic acids is 1.